The average molecular weight is 479 g/mol. The second-order valence-electron chi connectivity index (χ2n) is 10.0. The number of carbonyl (C=O) groups excluding carboxylic acids is 2. The van der Waals surface area contributed by atoms with E-state index in [4.69, 9.17) is 14.6 Å². The Kier molecular flexibility index (Phi) is 12.5. The lowest BCUT2D eigenvalue weighted by atomic mass is 9.84. The minimum absolute atomic E-state index is 0.0620. The number of ether oxygens (including phenoxy) is 2. The summed E-state index contributed by atoms with van der Waals surface area (Å²) in [7, 11) is 1.36. The van der Waals surface area contributed by atoms with Crippen LogP contribution >= 0.6 is 0 Å². The van der Waals surface area contributed by atoms with Gasteiger partial charge in [-0.25, -0.2) is 0 Å². The topological polar surface area (TPSA) is 105 Å². The largest absolute Gasteiger partial charge is 0.491 e. The molecular weight excluding hydrogens is 436 g/mol. The highest BCUT2D eigenvalue weighted by Crippen LogP contribution is 2.32. The molecule has 1 unspecified atom stereocenters. The summed E-state index contributed by atoms with van der Waals surface area (Å²) in [5, 5.41) is 11.8. The summed E-state index contributed by atoms with van der Waals surface area (Å²) < 4.78 is 10.8. The Morgan fingerprint density at radius 1 is 1.12 bits per heavy atom. The number of esters is 1. The van der Waals surface area contributed by atoms with Crippen LogP contribution in [0.15, 0.2) is 18.2 Å². The molecule has 0 fully saturated rings. The highest BCUT2D eigenvalue weighted by molar-refractivity contribution is 5.90. The summed E-state index contributed by atoms with van der Waals surface area (Å²) >= 11 is 0. The van der Waals surface area contributed by atoms with Gasteiger partial charge in [-0.05, 0) is 49.1 Å². The van der Waals surface area contributed by atoms with Gasteiger partial charge in [0, 0.05) is 44.6 Å². The molecule has 192 valence electrons. The van der Waals surface area contributed by atoms with Gasteiger partial charge in [-0.1, -0.05) is 27.7 Å². The van der Waals surface area contributed by atoms with Crippen LogP contribution in [-0.2, 0) is 19.1 Å². The van der Waals surface area contributed by atoms with Gasteiger partial charge in [-0.2, -0.15) is 0 Å². The van der Waals surface area contributed by atoms with E-state index < -0.39 is 5.97 Å². The number of benzene rings is 1. The lowest BCUT2D eigenvalue weighted by Gasteiger charge is -2.26. The van der Waals surface area contributed by atoms with E-state index >= 15 is 0 Å². The van der Waals surface area contributed by atoms with E-state index in [1.807, 2.05) is 17.0 Å². The lowest BCUT2D eigenvalue weighted by molar-refractivity contribution is -0.140. The van der Waals surface area contributed by atoms with Crippen LogP contribution < -0.4 is 15.0 Å². The van der Waals surface area contributed by atoms with E-state index in [-0.39, 0.29) is 30.1 Å². The number of carbonyl (C=O) groups is 3. The van der Waals surface area contributed by atoms with Crippen molar-refractivity contribution in [3.8, 4) is 5.75 Å². The number of hydrogen-bond donors (Lipinski definition) is 2. The summed E-state index contributed by atoms with van der Waals surface area (Å²) in [6, 6.07) is 5.55. The highest BCUT2D eigenvalue weighted by atomic mass is 16.5. The van der Waals surface area contributed by atoms with Crippen LogP contribution in [0.3, 0.4) is 0 Å². The monoisotopic (exact) mass is 478 g/mol. The summed E-state index contributed by atoms with van der Waals surface area (Å²) in [4.78, 5) is 36.2. The van der Waals surface area contributed by atoms with E-state index in [0.717, 1.165) is 18.5 Å². The molecule has 1 rings (SSSR count). The molecule has 8 heteroatoms. The van der Waals surface area contributed by atoms with Crippen molar-refractivity contribution in [1.82, 2.24) is 0 Å². The zero-order valence-electron chi connectivity index (χ0n) is 21.6. The molecule has 0 spiro atoms. The van der Waals surface area contributed by atoms with Gasteiger partial charge in [-0.3, -0.25) is 14.4 Å². The quantitative estimate of drug-likeness (QED) is 0.337. The van der Waals surface area contributed by atoms with Crippen LogP contribution in [0.1, 0.15) is 73.1 Å². The first-order chi connectivity index (χ1) is 15.9. The van der Waals surface area contributed by atoms with Crippen LogP contribution in [0.25, 0.3) is 0 Å². The fourth-order valence-electron chi connectivity index (χ4n) is 3.95. The maximum atomic E-state index is 11.7. The maximum absolute atomic E-state index is 11.7. The van der Waals surface area contributed by atoms with Gasteiger partial charge in [0.05, 0.1) is 19.4 Å². The molecule has 0 saturated carbocycles. The first-order valence-electron chi connectivity index (χ1n) is 12.0. The summed E-state index contributed by atoms with van der Waals surface area (Å²) in [6.45, 7) is 11.9. The van der Waals surface area contributed by atoms with E-state index in [9.17, 15) is 14.4 Å². The molecule has 0 aromatic heterocycles. The number of rotatable bonds is 15. The standard InChI is InChI=1S/C26H42N2O6/c1-19(18-26(3,4)5)13-16-34-23-17-21(11-12-22(23)27-20(2)29)28(14-7-9-24(30)31)15-8-10-25(32)33-6/h11-12,17,19H,7-10,13-16,18H2,1-6H3,(H,27,29)(H,30,31). The summed E-state index contributed by atoms with van der Waals surface area (Å²) in [5.74, 6) is -0.232. The van der Waals surface area contributed by atoms with Gasteiger partial charge in [-0.15, -0.1) is 0 Å². The summed E-state index contributed by atoms with van der Waals surface area (Å²) in [5.41, 5.74) is 1.70. The third-order valence-electron chi connectivity index (χ3n) is 5.33. The third-order valence-corrected chi connectivity index (χ3v) is 5.33. The zero-order valence-corrected chi connectivity index (χ0v) is 21.6. The molecule has 0 aliphatic heterocycles. The van der Waals surface area contributed by atoms with Crippen molar-refractivity contribution in [1.29, 1.82) is 0 Å². The molecule has 0 bridgehead atoms. The zero-order chi connectivity index (χ0) is 25.7. The van der Waals surface area contributed by atoms with Gasteiger partial charge in [0.25, 0.3) is 0 Å². The van der Waals surface area contributed by atoms with E-state index in [1.54, 1.807) is 6.07 Å². The Bertz CT molecular complexity index is 803. The predicted molar refractivity (Wildman–Crippen MR) is 134 cm³/mol. The Balaban J connectivity index is 3.00. The molecular formula is C26H42N2O6. The maximum Gasteiger partial charge on any atom is 0.305 e. The molecule has 1 aromatic carbocycles. The first-order valence-corrected chi connectivity index (χ1v) is 12.0. The van der Waals surface area contributed by atoms with Crippen LogP contribution in [0.5, 0.6) is 5.75 Å². The molecule has 34 heavy (non-hydrogen) atoms. The third kappa shape index (κ3) is 12.5. The molecule has 2 N–H and O–H groups in total. The average Bonchev–Trinajstić information content (AvgIpc) is 2.71. The predicted octanol–water partition coefficient (Wildman–Crippen LogP) is 5.11. The number of nitrogens with one attached hydrogen (secondary N) is 1. The Labute approximate surface area is 204 Å². The molecule has 8 nitrogen and oxygen atoms in total. The van der Waals surface area contributed by atoms with E-state index in [2.05, 4.69) is 33.0 Å². The van der Waals surface area contributed by atoms with Crippen LogP contribution in [0.2, 0.25) is 0 Å². The van der Waals surface area contributed by atoms with Crippen molar-refractivity contribution in [2.45, 2.75) is 73.1 Å². The normalized spacial score (nSPS) is 12.1. The number of anilines is 2. The highest BCUT2D eigenvalue weighted by Gasteiger charge is 2.17. The minimum Gasteiger partial charge on any atom is -0.491 e. The number of nitrogens with zero attached hydrogens (tertiary/aromatic N) is 1. The molecule has 1 atom stereocenters. The molecule has 0 aliphatic carbocycles. The van der Waals surface area contributed by atoms with Crippen LogP contribution in [0, 0.1) is 11.3 Å². The van der Waals surface area contributed by atoms with Gasteiger partial charge in [0.1, 0.15) is 5.75 Å². The van der Waals surface area contributed by atoms with Crippen molar-refractivity contribution in [3.63, 3.8) is 0 Å². The van der Waals surface area contributed by atoms with Gasteiger partial charge >= 0.3 is 11.9 Å². The Hall–Kier alpha value is -2.77. The van der Waals surface area contributed by atoms with Gasteiger partial charge in [0.2, 0.25) is 5.91 Å². The number of carboxylic acid groups (broad SMARTS) is 1. The Morgan fingerprint density at radius 2 is 1.76 bits per heavy atom. The van der Waals surface area contributed by atoms with Gasteiger partial charge in [0.15, 0.2) is 0 Å². The summed E-state index contributed by atoms with van der Waals surface area (Å²) in [6.07, 6.45) is 3.38. The van der Waals surface area contributed by atoms with Crippen molar-refractivity contribution >= 4 is 29.2 Å². The van der Waals surface area contributed by atoms with Crippen LogP contribution in [-0.4, -0.2) is 49.8 Å². The molecule has 1 aromatic rings. The molecule has 0 saturated heterocycles. The number of carboxylic acids is 1. The van der Waals surface area contributed by atoms with Crippen molar-refractivity contribution in [2.24, 2.45) is 11.3 Å². The van der Waals surface area contributed by atoms with Crippen molar-refractivity contribution in [3.05, 3.63) is 18.2 Å². The van der Waals surface area contributed by atoms with Crippen molar-refractivity contribution < 1.29 is 29.0 Å². The van der Waals surface area contributed by atoms with E-state index in [0.29, 0.717) is 49.9 Å². The fraction of sp³-hybridized carbons (Fsp3) is 0.654. The number of amides is 1. The number of hydrogen-bond acceptors (Lipinski definition) is 6. The second kappa shape index (κ2) is 14.5. The van der Waals surface area contributed by atoms with Gasteiger partial charge < -0.3 is 24.8 Å². The van der Waals surface area contributed by atoms with E-state index in [1.165, 1.54) is 14.0 Å². The lowest BCUT2D eigenvalue weighted by Crippen LogP contribution is -2.27. The molecule has 0 heterocycles. The van der Waals surface area contributed by atoms with Crippen LogP contribution in [0.4, 0.5) is 11.4 Å². The van der Waals surface area contributed by atoms with Crippen molar-refractivity contribution in [2.75, 3.05) is 37.0 Å². The number of aliphatic carboxylic acids is 1. The first kappa shape index (κ1) is 29.3. The second-order valence-corrected chi connectivity index (χ2v) is 10.0. The SMILES string of the molecule is COC(=O)CCCN(CCCC(=O)O)c1ccc(NC(C)=O)c(OCCC(C)CC(C)(C)C)c1. The minimum atomic E-state index is -0.844. The smallest absolute Gasteiger partial charge is 0.305 e. The fourth-order valence-corrected chi connectivity index (χ4v) is 3.95. The Morgan fingerprint density at radius 3 is 2.32 bits per heavy atom. The molecule has 0 radical (unpaired) electrons. The molecule has 1 amide bonds. The molecule has 0 aliphatic rings. The number of methoxy groups -OCH3 is 1.